The largest absolute Gasteiger partial charge is 0.399 e. The van der Waals surface area contributed by atoms with Crippen LogP contribution in [0.25, 0.3) is 0 Å². The highest BCUT2D eigenvalue weighted by molar-refractivity contribution is 7.91. The Labute approximate surface area is 119 Å². The third-order valence-electron chi connectivity index (χ3n) is 2.85. The van der Waals surface area contributed by atoms with Crippen molar-refractivity contribution in [2.45, 2.75) is 6.92 Å². The molecule has 3 N–H and O–H groups in total. The predicted molar refractivity (Wildman–Crippen MR) is 81.7 cm³/mol. The van der Waals surface area contributed by atoms with Gasteiger partial charge in [-0.05, 0) is 18.2 Å². The zero-order chi connectivity index (χ0) is 15.3. The molecule has 0 saturated carbocycles. The van der Waals surface area contributed by atoms with E-state index in [9.17, 15) is 13.2 Å². The minimum Gasteiger partial charge on any atom is -0.399 e. The van der Waals surface area contributed by atoms with Gasteiger partial charge in [-0.1, -0.05) is 6.92 Å². The second kappa shape index (κ2) is 6.60. The highest BCUT2D eigenvalue weighted by atomic mass is 32.2. The van der Waals surface area contributed by atoms with E-state index in [-0.39, 0.29) is 24.0 Å². The van der Waals surface area contributed by atoms with Gasteiger partial charge in [-0.3, -0.25) is 4.79 Å². The highest BCUT2D eigenvalue weighted by Crippen LogP contribution is 2.20. The topological polar surface area (TPSA) is 92.5 Å². The van der Waals surface area contributed by atoms with Gasteiger partial charge in [0, 0.05) is 37.8 Å². The van der Waals surface area contributed by atoms with Crippen LogP contribution in [-0.4, -0.2) is 51.4 Å². The standard InChI is InChI=1S/C13H21N3O3S/c1-4-20(18,19)8-7-15-12-9-10(14)5-6-11(12)13(17)16(2)3/h5-6,9,15H,4,7-8,14H2,1-3H3. The van der Waals surface area contributed by atoms with Crippen LogP contribution in [0.2, 0.25) is 0 Å². The van der Waals surface area contributed by atoms with Crippen molar-refractivity contribution >= 4 is 27.1 Å². The Bertz CT molecular complexity index is 583. The number of anilines is 2. The summed E-state index contributed by atoms with van der Waals surface area (Å²) in [5, 5.41) is 2.97. The molecule has 0 aliphatic rings. The molecule has 0 atom stereocenters. The van der Waals surface area contributed by atoms with Gasteiger partial charge in [0.25, 0.3) is 5.91 Å². The number of hydrogen-bond donors (Lipinski definition) is 2. The van der Waals surface area contributed by atoms with Crippen molar-refractivity contribution in [2.75, 3.05) is 43.2 Å². The second-order valence-electron chi connectivity index (χ2n) is 4.67. The Morgan fingerprint density at radius 1 is 1.35 bits per heavy atom. The lowest BCUT2D eigenvalue weighted by atomic mass is 10.1. The average Bonchev–Trinajstić information content (AvgIpc) is 2.38. The number of carbonyl (C=O) groups is 1. The van der Waals surface area contributed by atoms with Crippen molar-refractivity contribution in [3.63, 3.8) is 0 Å². The van der Waals surface area contributed by atoms with Crippen LogP contribution >= 0.6 is 0 Å². The summed E-state index contributed by atoms with van der Waals surface area (Å²) in [6.07, 6.45) is 0. The first kappa shape index (κ1) is 16.3. The number of nitrogens with zero attached hydrogens (tertiary/aromatic N) is 1. The summed E-state index contributed by atoms with van der Waals surface area (Å²) in [7, 11) is 0.275. The smallest absolute Gasteiger partial charge is 0.255 e. The SMILES string of the molecule is CCS(=O)(=O)CCNc1cc(N)ccc1C(=O)N(C)C. The normalized spacial score (nSPS) is 11.2. The molecule has 0 aliphatic heterocycles. The minimum absolute atomic E-state index is 0.0217. The van der Waals surface area contributed by atoms with Gasteiger partial charge in [-0.2, -0.15) is 0 Å². The highest BCUT2D eigenvalue weighted by Gasteiger charge is 2.14. The van der Waals surface area contributed by atoms with E-state index in [1.807, 2.05) is 0 Å². The number of carbonyl (C=O) groups excluding carboxylic acids is 1. The van der Waals surface area contributed by atoms with Crippen molar-refractivity contribution in [3.05, 3.63) is 23.8 Å². The van der Waals surface area contributed by atoms with Gasteiger partial charge in [-0.15, -0.1) is 0 Å². The van der Waals surface area contributed by atoms with E-state index in [0.717, 1.165) is 0 Å². The number of sulfone groups is 1. The summed E-state index contributed by atoms with van der Waals surface area (Å²) in [6, 6.07) is 4.91. The second-order valence-corrected chi connectivity index (χ2v) is 7.14. The van der Waals surface area contributed by atoms with Crippen LogP contribution in [-0.2, 0) is 9.84 Å². The van der Waals surface area contributed by atoms with E-state index in [2.05, 4.69) is 5.32 Å². The molecule has 7 heteroatoms. The molecule has 0 unspecified atom stereocenters. The van der Waals surface area contributed by atoms with Crippen LogP contribution in [0.4, 0.5) is 11.4 Å². The lowest BCUT2D eigenvalue weighted by molar-refractivity contribution is 0.0828. The van der Waals surface area contributed by atoms with Gasteiger partial charge in [0.15, 0.2) is 9.84 Å². The van der Waals surface area contributed by atoms with Crippen molar-refractivity contribution in [2.24, 2.45) is 0 Å². The number of hydrogen-bond acceptors (Lipinski definition) is 5. The van der Waals surface area contributed by atoms with E-state index in [1.165, 1.54) is 4.90 Å². The van der Waals surface area contributed by atoms with E-state index >= 15 is 0 Å². The maximum absolute atomic E-state index is 12.0. The predicted octanol–water partition coefficient (Wildman–Crippen LogP) is 0.817. The van der Waals surface area contributed by atoms with Gasteiger partial charge in [0.1, 0.15) is 0 Å². The van der Waals surface area contributed by atoms with Crippen LogP contribution < -0.4 is 11.1 Å². The van der Waals surface area contributed by atoms with Gasteiger partial charge in [0.2, 0.25) is 0 Å². The fourth-order valence-electron chi connectivity index (χ4n) is 1.62. The molecule has 0 heterocycles. The zero-order valence-corrected chi connectivity index (χ0v) is 12.8. The Hall–Kier alpha value is -1.76. The molecule has 6 nitrogen and oxygen atoms in total. The molecule has 1 amide bonds. The molecule has 0 spiro atoms. The summed E-state index contributed by atoms with van der Waals surface area (Å²) in [6.45, 7) is 1.85. The van der Waals surface area contributed by atoms with Crippen LogP contribution in [0.1, 0.15) is 17.3 Å². The van der Waals surface area contributed by atoms with Gasteiger partial charge in [0.05, 0.1) is 11.3 Å². The number of amides is 1. The summed E-state index contributed by atoms with van der Waals surface area (Å²) in [5.41, 5.74) is 7.24. The molecule has 112 valence electrons. The lowest BCUT2D eigenvalue weighted by Gasteiger charge is -2.16. The Morgan fingerprint density at radius 3 is 2.55 bits per heavy atom. The third-order valence-corrected chi connectivity index (χ3v) is 4.55. The van der Waals surface area contributed by atoms with E-state index < -0.39 is 9.84 Å². The van der Waals surface area contributed by atoms with Crippen LogP contribution in [0.3, 0.4) is 0 Å². The minimum atomic E-state index is -3.04. The molecular weight excluding hydrogens is 278 g/mol. The summed E-state index contributed by atoms with van der Waals surface area (Å²) < 4.78 is 22.9. The maximum Gasteiger partial charge on any atom is 0.255 e. The molecule has 0 saturated heterocycles. The molecule has 0 radical (unpaired) electrons. The van der Waals surface area contributed by atoms with Crippen molar-refractivity contribution < 1.29 is 13.2 Å². The molecule has 0 fully saturated rings. The Morgan fingerprint density at radius 2 is 2.00 bits per heavy atom. The molecule has 0 aliphatic carbocycles. The molecule has 0 bridgehead atoms. The van der Waals surface area contributed by atoms with Crippen molar-refractivity contribution in [1.29, 1.82) is 0 Å². The fourth-order valence-corrected chi connectivity index (χ4v) is 2.32. The summed E-state index contributed by atoms with van der Waals surface area (Å²) in [5.74, 6) is -0.0333. The van der Waals surface area contributed by atoms with Gasteiger partial charge < -0.3 is 16.0 Å². The third kappa shape index (κ3) is 4.41. The quantitative estimate of drug-likeness (QED) is 0.759. The summed E-state index contributed by atoms with van der Waals surface area (Å²) >= 11 is 0. The van der Waals surface area contributed by atoms with Gasteiger partial charge in [-0.25, -0.2) is 8.42 Å². The number of rotatable bonds is 6. The van der Waals surface area contributed by atoms with Crippen LogP contribution in [0.5, 0.6) is 0 Å². The Kier molecular flexibility index (Phi) is 5.38. The summed E-state index contributed by atoms with van der Waals surface area (Å²) in [4.78, 5) is 13.5. The van der Waals surface area contributed by atoms with E-state index in [0.29, 0.717) is 16.9 Å². The lowest BCUT2D eigenvalue weighted by Crippen LogP contribution is -2.24. The number of nitrogen functional groups attached to an aromatic ring is 1. The van der Waals surface area contributed by atoms with Crippen LogP contribution in [0.15, 0.2) is 18.2 Å². The molecule has 1 aromatic rings. The van der Waals surface area contributed by atoms with E-state index in [4.69, 9.17) is 5.73 Å². The van der Waals surface area contributed by atoms with Crippen LogP contribution in [0, 0.1) is 0 Å². The molecule has 1 rings (SSSR count). The monoisotopic (exact) mass is 299 g/mol. The van der Waals surface area contributed by atoms with E-state index in [1.54, 1.807) is 39.2 Å². The first-order valence-corrected chi connectivity index (χ1v) is 8.14. The zero-order valence-electron chi connectivity index (χ0n) is 12.0. The number of nitrogens with two attached hydrogens (primary N) is 1. The van der Waals surface area contributed by atoms with Crippen molar-refractivity contribution in [3.8, 4) is 0 Å². The maximum atomic E-state index is 12.0. The van der Waals surface area contributed by atoms with Crippen molar-refractivity contribution in [1.82, 2.24) is 4.90 Å². The Balaban J connectivity index is 2.88. The molecule has 0 aromatic heterocycles. The first-order valence-electron chi connectivity index (χ1n) is 6.32. The van der Waals surface area contributed by atoms with Gasteiger partial charge >= 0.3 is 0 Å². The fraction of sp³-hybridized carbons (Fsp3) is 0.462. The molecule has 1 aromatic carbocycles. The number of nitrogens with one attached hydrogen (secondary N) is 1. The number of benzene rings is 1. The molecular formula is C13H21N3O3S. The molecule has 20 heavy (non-hydrogen) atoms. The first-order chi connectivity index (χ1) is 9.26. The average molecular weight is 299 g/mol.